The fourth-order valence-electron chi connectivity index (χ4n) is 2.14. The first kappa shape index (κ1) is 17.1. The fourth-order valence-corrected chi connectivity index (χ4v) is 3.49. The van der Waals surface area contributed by atoms with Crippen LogP contribution < -0.4 is 0 Å². The number of methoxy groups -OCH3 is 1. The molecular weight excluding hydrogens is 274 g/mol. The molecule has 0 spiro atoms. The van der Waals surface area contributed by atoms with Gasteiger partial charge in [0.1, 0.15) is 0 Å². The van der Waals surface area contributed by atoms with E-state index in [-0.39, 0.29) is 19.1 Å². The molecule has 5 heteroatoms. The molecule has 0 aliphatic rings. The number of hydrogen-bond donors (Lipinski definition) is 1. The van der Waals surface area contributed by atoms with Crippen LogP contribution in [-0.2, 0) is 17.6 Å². The third-order valence-electron chi connectivity index (χ3n) is 3.16. The molecule has 0 saturated carbocycles. The number of nitrogens with zero attached hydrogens (tertiary/aromatic N) is 1. The van der Waals surface area contributed by atoms with E-state index in [4.69, 9.17) is 4.74 Å². The molecule has 114 valence electrons. The SMILES string of the molecule is CCCc1sc(C(=O)N(C)CC(O)COC)cc1CC. The molecule has 1 unspecified atom stereocenters. The van der Waals surface area contributed by atoms with Gasteiger partial charge in [-0.05, 0) is 24.5 Å². The Hall–Kier alpha value is -0.910. The Morgan fingerprint density at radius 1 is 1.50 bits per heavy atom. The molecule has 20 heavy (non-hydrogen) atoms. The fraction of sp³-hybridized carbons (Fsp3) is 0.667. The van der Waals surface area contributed by atoms with Crippen molar-refractivity contribution < 1.29 is 14.6 Å². The summed E-state index contributed by atoms with van der Waals surface area (Å²) >= 11 is 1.58. The Morgan fingerprint density at radius 3 is 2.75 bits per heavy atom. The van der Waals surface area contributed by atoms with Crippen molar-refractivity contribution in [3.8, 4) is 0 Å². The third-order valence-corrected chi connectivity index (χ3v) is 4.38. The van der Waals surface area contributed by atoms with E-state index in [0.717, 1.165) is 24.1 Å². The van der Waals surface area contributed by atoms with Crippen molar-refractivity contribution in [2.45, 2.75) is 39.2 Å². The molecule has 1 aromatic heterocycles. The number of thiophene rings is 1. The lowest BCUT2D eigenvalue weighted by molar-refractivity contribution is 0.0382. The molecule has 1 aromatic rings. The van der Waals surface area contributed by atoms with Crippen molar-refractivity contribution in [1.29, 1.82) is 0 Å². The molecule has 0 saturated heterocycles. The maximum absolute atomic E-state index is 12.4. The van der Waals surface area contributed by atoms with Gasteiger partial charge in [-0.2, -0.15) is 0 Å². The monoisotopic (exact) mass is 299 g/mol. The molecule has 1 atom stereocenters. The second-order valence-corrected chi connectivity index (χ2v) is 6.09. The van der Waals surface area contributed by atoms with Gasteiger partial charge >= 0.3 is 0 Å². The summed E-state index contributed by atoms with van der Waals surface area (Å²) in [6.07, 6.45) is 2.42. The number of aliphatic hydroxyl groups excluding tert-OH is 1. The molecule has 0 aliphatic carbocycles. The van der Waals surface area contributed by atoms with Crippen LogP contribution in [0.25, 0.3) is 0 Å². The number of aryl methyl sites for hydroxylation is 2. The molecule has 1 rings (SSSR count). The van der Waals surface area contributed by atoms with Gasteiger partial charge in [0.15, 0.2) is 0 Å². The smallest absolute Gasteiger partial charge is 0.263 e. The number of rotatable bonds is 8. The average Bonchev–Trinajstić information content (AvgIpc) is 2.81. The Kier molecular flexibility index (Phi) is 7.19. The van der Waals surface area contributed by atoms with Crippen molar-refractivity contribution in [3.63, 3.8) is 0 Å². The Balaban J connectivity index is 2.75. The van der Waals surface area contributed by atoms with E-state index < -0.39 is 6.10 Å². The van der Waals surface area contributed by atoms with E-state index in [1.165, 1.54) is 17.6 Å². The van der Waals surface area contributed by atoms with Crippen molar-refractivity contribution in [2.24, 2.45) is 0 Å². The van der Waals surface area contributed by atoms with Crippen molar-refractivity contribution in [1.82, 2.24) is 4.90 Å². The van der Waals surface area contributed by atoms with Gasteiger partial charge in [-0.3, -0.25) is 4.79 Å². The zero-order valence-electron chi connectivity index (χ0n) is 12.8. The second-order valence-electron chi connectivity index (χ2n) is 4.96. The predicted molar refractivity (Wildman–Crippen MR) is 82.5 cm³/mol. The number of carbonyl (C=O) groups is 1. The summed E-state index contributed by atoms with van der Waals surface area (Å²) in [7, 11) is 3.25. The lowest BCUT2D eigenvalue weighted by Gasteiger charge is -2.19. The minimum absolute atomic E-state index is 0.0257. The zero-order chi connectivity index (χ0) is 15.1. The lowest BCUT2D eigenvalue weighted by atomic mass is 10.1. The Bertz CT molecular complexity index is 431. The maximum Gasteiger partial charge on any atom is 0.263 e. The van der Waals surface area contributed by atoms with Crippen LogP contribution >= 0.6 is 11.3 Å². The summed E-state index contributed by atoms with van der Waals surface area (Å²) in [5, 5.41) is 9.69. The minimum atomic E-state index is -0.644. The zero-order valence-corrected chi connectivity index (χ0v) is 13.6. The number of ether oxygens (including phenoxy) is 1. The number of carbonyl (C=O) groups excluding carboxylic acids is 1. The number of hydrogen-bond acceptors (Lipinski definition) is 4. The summed E-state index contributed by atoms with van der Waals surface area (Å²) in [5.74, 6) is -0.0257. The third kappa shape index (κ3) is 4.58. The summed E-state index contributed by atoms with van der Waals surface area (Å²) in [6, 6.07) is 2.00. The van der Waals surface area contributed by atoms with Crippen LogP contribution in [0, 0.1) is 0 Å². The Morgan fingerprint density at radius 2 is 2.20 bits per heavy atom. The van der Waals surface area contributed by atoms with E-state index in [2.05, 4.69) is 13.8 Å². The summed E-state index contributed by atoms with van der Waals surface area (Å²) in [6.45, 7) is 4.79. The van der Waals surface area contributed by atoms with Crippen LogP contribution in [0.5, 0.6) is 0 Å². The lowest BCUT2D eigenvalue weighted by Crippen LogP contribution is -2.35. The van der Waals surface area contributed by atoms with Crippen LogP contribution in [-0.4, -0.2) is 49.3 Å². The second kappa shape index (κ2) is 8.39. The van der Waals surface area contributed by atoms with Gasteiger partial charge in [0.2, 0.25) is 0 Å². The van der Waals surface area contributed by atoms with Crippen molar-refractivity contribution in [3.05, 3.63) is 21.4 Å². The topological polar surface area (TPSA) is 49.8 Å². The molecule has 0 aliphatic heterocycles. The number of likely N-dealkylation sites (N-methyl/N-ethyl adjacent to an activating group) is 1. The minimum Gasteiger partial charge on any atom is -0.389 e. The summed E-state index contributed by atoms with van der Waals surface area (Å²) < 4.78 is 4.88. The van der Waals surface area contributed by atoms with E-state index in [1.807, 2.05) is 6.07 Å². The highest BCUT2D eigenvalue weighted by atomic mass is 32.1. The highest BCUT2D eigenvalue weighted by molar-refractivity contribution is 7.14. The Labute approximate surface area is 125 Å². The van der Waals surface area contributed by atoms with Gasteiger partial charge in [0.25, 0.3) is 5.91 Å². The first-order chi connectivity index (χ1) is 9.53. The first-order valence-electron chi connectivity index (χ1n) is 7.07. The number of amides is 1. The van der Waals surface area contributed by atoms with E-state index >= 15 is 0 Å². The van der Waals surface area contributed by atoms with E-state index in [9.17, 15) is 9.90 Å². The highest BCUT2D eigenvalue weighted by Gasteiger charge is 2.19. The summed E-state index contributed by atoms with van der Waals surface area (Å²) in [4.78, 5) is 16.0. The molecule has 0 radical (unpaired) electrons. The summed E-state index contributed by atoms with van der Waals surface area (Å²) in [5.41, 5.74) is 1.27. The predicted octanol–water partition coefficient (Wildman–Crippen LogP) is 2.34. The van der Waals surface area contributed by atoms with Gasteiger partial charge in [-0.25, -0.2) is 0 Å². The molecule has 4 nitrogen and oxygen atoms in total. The largest absolute Gasteiger partial charge is 0.389 e. The van der Waals surface area contributed by atoms with Gasteiger partial charge in [-0.1, -0.05) is 20.3 Å². The van der Waals surface area contributed by atoms with Crippen LogP contribution in [0.1, 0.15) is 40.4 Å². The highest BCUT2D eigenvalue weighted by Crippen LogP contribution is 2.25. The standard InChI is InChI=1S/C15H25NO3S/c1-5-7-13-11(6-2)8-14(20-13)15(18)16(3)9-12(17)10-19-4/h8,12,17H,5-7,9-10H2,1-4H3. The molecule has 0 bridgehead atoms. The molecular formula is C15H25NO3S. The van der Waals surface area contributed by atoms with Gasteiger partial charge in [0.05, 0.1) is 17.6 Å². The molecule has 0 aromatic carbocycles. The van der Waals surface area contributed by atoms with Gasteiger partial charge in [-0.15, -0.1) is 11.3 Å². The molecule has 1 heterocycles. The van der Waals surface area contributed by atoms with Crippen LogP contribution in [0.15, 0.2) is 6.07 Å². The van der Waals surface area contributed by atoms with Crippen LogP contribution in [0.3, 0.4) is 0 Å². The molecule has 1 amide bonds. The van der Waals surface area contributed by atoms with Crippen molar-refractivity contribution in [2.75, 3.05) is 27.3 Å². The quantitative estimate of drug-likeness (QED) is 0.801. The average molecular weight is 299 g/mol. The number of aliphatic hydroxyl groups is 1. The van der Waals surface area contributed by atoms with Crippen LogP contribution in [0.4, 0.5) is 0 Å². The van der Waals surface area contributed by atoms with E-state index in [0.29, 0.717) is 0 Å². The van der Waals surface area contributed by atoms with Gasteiger partial charge in [0, 0.05) is 25.6 Å². The maximum atomic E-state index is 12.4. The van der Waals surface area contributed by atoms with E-state index in [1.54, 1.807) is 23.3 Å². The van der Waals surface area contributed by atoms with Crippen molar-refractivity contribution >= 4 is 17.2 Å². The molecule has 1 N–H and O–H groups in total. The van der Waals surface area contributed by atoms with Gasteiger partial charge < -0.3 is 14.7 Å². The normalized spacial score (nSPS) is 12.4. The molecule has 0 fully saturated rings. The first-order valence-corrected chi connectivity index (χ1v) is 7.89. The van der Waals surface area contributed by atoms with Crippen LogP contribution in [0.2, 0.25) is 0 Å².